The number of rotatable bonds is 8. The molecule has 4 heteroatoms. The van der Waals surface area contributed by atoms with Gasteiger partial charge in [-0.25, -0.2) is 4.98 Å². The van der Waals surface area contributed by atoms with E-state index in [1.54, 1.807) is 6.20 Å². The van der Waals surface area contributed by atoms with Crippen LogP contribution in [0, 0.1) is 0 Å². The molecule has 1 aromatic carbocycles. The van der Waals surface area contributed by atoms with Gasteiger partial charge in [0.2, 0.25) is 5.88 Å². The molecule has 0 unspecified atom stereocenters. The number of anilines is 1. The molecule has 0 fully saturated rings. The van der Waals surface area contributed by atoms with E-state index in [2.05, 4.69) is 4.98 Å². The zero-order chi connectivity index (χ0) is 14.0. The van der Waals surface area contributed by atoms with Crippen molar-refractivity contribution >= 4 is 5.69 Å². The van der Waals surface area contributed by atoms with Crippen LogP contribution < -0.4 is 15.2 Å². The number of ether oxygens (including phenoxy) is 2. The van der Waals surface area contributed by atoms with E-state index in [1.165, 1.54) is 0 Å². The largest absolute Gasteiger partial charge is 0.494 e. The van der Waals surface area contributed by atoms with Crippen molar-refractivity contribution in [2.75, 3.05) is 18.9 Å². The summed E-state index contributed by atoms with van der Waals surface area (Å²) >= 11 is 0. The summed E-state index contributed by atoms with van der Waals surface area (Å²) in [5.41, 5.74) is 6.36. The highest BCUT2D eigenvalue weighted by Gasteiger charge is 1.96. The van der Waals surface area contributed by atoms with Gasteiger partial charge in [-0.05, 0) is 49.6 Å². The van der Waals surface area contributed by atoms with Crippen LogP contribution in [-0.2, 0) is 0 Å². The molecule has 0 bridgehead atoms. The molecule has 0 atom stereocenters. The highest BCUT2D eigenvalue weighted by Crippen LogP contribution is 2.13. The Balaban J connectivity index is 1.51. The lowest BCUT2D eigenvalue weighted by atomic mass is 10.2. The third kappa shape index (κ3) is 5.18. The lowest BCUT2D eigenvalue weighted by Gasteiger charge is -2.07. The summed E-state index contributed by atoms with van der Waals surface area (Å²) in [6.07, 6.45) is 4.81. The van der Waals surface area contributed by atoms with Crippen LogP contribution in [-0.4, -0.2) is 18.2 Å². The predicted molar refractivity (Wildman–Crippen MR) is 79.9 cm³/mol. The van der Waals surface area contributed by atoms with Crippen LogP contribution in [0.4, 0.5) is 5.69 Å². The molecule has 0 aliphatic carbocycles. The average Bonchev–Trinajstić information content (AvgIpc) is 2.49. The summed E-state index contributed by atoms with van der Waals surface area (Å²) in [7, 11) is 0. The van der Waals surface area contributed by atoms with Crippen LogP contribution in [0.25, 0.3) is 0 Å². The molecule has 0 radical (unpaired) electrons. The van der Waals surface area contributed by atoms with Crippen molar-refractivity contribution in [3.8, 4) is 11.6 Å². The summed E-state index contributed by atoms with van der Waals surface area (Å²) in [5, 5.41) is 0. The molecule has 20 heavy (non-hydrogen) atoms. The van der Waals surface area contributed by atoms with E-state index in [4.69, 9.17) is 15.2 Å². The van der Waals surface area contributed by atoms with Crippen molar-refractivity contribution < 1.29 is 9.47 Å². The second-order valence-electron chi connectivity index (χ2n) is 4.49. The second-order valence-corrected chi connectivity index (χ2v) is 4.49. The average molecular weight is 272 g/mol. The molecule has 4 nitrogen and oxygen atoms in total. The van der Waals surface area contributed by atoms with E-state index in [0.717, 1.165) is 30.7 Å². The number of aromatic nitrogens is 1. The number of unbranched alkanes of at least 4 members (excludes halogenated alkanes) is 2. The lowest BCUT2D eigenvalue weighted by Crippen LogP contribution is -2.01. The molecule has 0 saturated carbocycles. The standard InChI is InChI=1S/C16H20N2O2/c17-14-7-9-15(10-8-14)19-12-4-1-5-13-20-16-6-2-3-11-18-16/h2-3,6-11H,1,4-5,12-13,17H2. The van der Waals surface area contributed by atoms with E-state index in [1.807, 2.05) is 42.5 Å². The topological polar surface area (TPSA) is 57.4 Å². The normalized spacial score (nSPS) is 10.2. The minimum Gasteiger partial charge on any atom is -0.494 e. The van der Waals surface area contributed by atoms with Crippen molar-refractivity contribution in [1.29, 1.82) is 0 Å². The number of hydrogen-bond acceptors (Lipinski definition) is 4. The molecule has 2 N–H and O–H groups in total. The van der Waals surface area contributed by atoms with Crippen molar-refractivity contribution in [2.24, 2.45) is 0 Å². The van der Waals surface area contributed by atoms with Crippen LogP contribution in [0.15, 0.2) is 48.7 Å². The van der Waals surface area contributed by atoms with Gasteiger partial charge in [0.15, 0.2) is 0 Å². The molecular formula is C16H20N2O2. The Bertz CT molecular complexity index is 486. The van der Waals surface area contributed by atoms with Gasteiger partial charge in [-0.15, -0.1) is 0 Å². The Morgan fingerprint density at radius 3 is 2.30 bits per heavy atom. The Labute approximate surface area is 119 Å². The SMILES string of the molecule is Nc1ccc(OCCCCCOc2ccccn2)cc1. The van der Waals surface area contributed by atoms with Gasteiger partial charge < -0.3 is 15.2 Å². The van der Waals surface area contributed by atoms with Gasteiger partial charge in [-0.1, -0.05) is 6.07 Å². The maximum atomic E-state index is 5.62. The highest BCUT2D eigenvalue weighted by atomic mass is 16.5. The Kier molecular flexibility index (Phi) is 5.71. The fourth-order valence-electron chi connectivity index (χ4n) is 1.74. The quantitative estimate of drug-likeness (QED) is 0.591. The number of nitrogens with zero attached hydrogens (tertiary/aromatic N) is 1. The van der Waals surface area contributed by atoms with Gasteiger partial charge in [0.25, 0.3) is 0 Å². The molecular weight excluding hydrogens is 252 g/mol. The first-order valence-electron chi connectivity index (χ1n) is 6.87. The summed E-state index contributed by atoms with van der Waals surface area (Å²) < 4.78 is 11.1. The molecule has 2 rings (SSSR count). The highest BCUT2D eigenvalue weighted by molar-refractivity contribution is 5.41. The monoisotopic (exact) mass is 272 g/mol. The molecule has 0 amide bonds. The van der Waals surface area contributed by atoms with Gasteiger partial charge in [0.05, 0.1) is 13.2 Å². The first kappa shape index (κ1) is 14.2. The van der Waals surface area contributed by atoms with E-state index in [9.17, 15) is 0 Å². The van der Waals surface area contributed by atoms with Crippen molar-refractivity contribution in [3.63, 3.8) is 0 Å². The minimum atomic E-state index is 0.686. The smallest absolute Gasteiger partial charge is 0.213 e. The molecule has 106 valence electrons. The molecule has 0 aliphatic rings. The van der Waals surface area contributed by atoms with E-state index < -0.39 is 0 Å². The van der Waals surface area contributed by atoms with E-state index in [-0.39, 0.29) is 0 Å². The Morgan fingerprint density at radius 1 is 0.850 bits per heavy atom. The van der Waals surface area contributed by atoms with Gasteiger partial charge in [0.1, 0.15) is 5.75 Å². The van der Waals surface area contributed by atoms with Crippen molar-refractivity contribution in [3.05, 3.63) is 48.7 Å². The van der Waals surface area contributed by atoms with Crippen LogP contribution in [0.2, 0.25) is 0 Å². The number of nitrogens with two attached hydrogens (primary N) is 1. The van der Waals surface area contributed by atoms with Gasteiger partial charge in [-0.2, -0.15) is 0 Å². The maximum absolute atomic E-state index is 5.62. The predicted octanol–water partition coefficient (Wildman–Crippen LogP) is 3.29. The third-order valence-corrected chi connectivity index (χ3v) is 2.83. The Morgan fingerprint density at radius 2 is 1.60 bits per heavy atom. The Hall–Kier alpha value is -2.23. The maximum Gasteiger partial charge on any atom is 0.213 e. The van der Waals surface area contributed by atoms with Gasteiger partial charge in [0, 0.05) is 18.0 Å². The number of hydrogen-bond donors (Lipinski definition) is 1. The molecule has 0 spiro atoms. The van der Waals surface area contributed by atoms with Gasteiger partial charge >= 0.3 is 0 Å². The zero-order valence-electron chi connectivity index (χ0n) is 11.5. The van der Waals surface area contributed by atoms with Crippen molar-refractivity contribution in [2.45, 2.75) is 19.3 Å². The fourth-order valence-corrected chi connectivity index (χ4v) is 1.74. The number of nitrogen functional groups attached to an aromatic ring is 1. The van der Waals surface area contributed by atoms with Crippen molar-refractivity contribution in [1.82, 2.24) is 4.98 Å². The molecule has 1 aromatic heterocycles. The van der Waals surface area contributed by atoms with Crippen LogP contribution >= 0.6 is 0 Å². The number of pyridine rings is 1. The molecule has 2 aromatic rings. The van der Waals surface area contributed by atoms with Crippen LogP contribution in [0.3, 0.4) is 0 Å². The molecule has 0 saturated heterocycles. The van der Waals surface area contributed by atoms with E-state index in [0.29, 0.717) is 19.1 Å². The first-order chi connectivity index (χ1) is 9.84. The minimum absolute atomic E-state index is 0.686. The third-order valence-electron chi connectivity index (χ3n) is 2.83. The second kappa shape index (κ2) is 8.04. The summed E-state index contributed by atoms with van der Waals surface area (Å²) in [6.45, 7) is 1.41. The lowest BCUT2D eigenvalue weighted by molar-refractivity contribution is 0.274. The van der Waals surface area contributed by atoms with Crippen LogP contribution in [0.1, 0.15) is 19.3 Å². The molecule has 1 heterocycles. The summed E-state index contributed by atoms with van der Waals surface area (Å²) in [4.78, 5) is 4.10. The summed E-state index contributed by atoms with van der Waals surface area (Å²) in [6, 6.07) is 13.1. The summed E-state index contributed by atoms with van der Waals surface area (Å²) in [5.74, 6) is 1.55. The number of benzene rings is 1. The molecule has 0 aliphatic heterocycles. The fraction of sp³-hybridized carbons (Fsp3) is 0.312. The van der Waals surface area contributed by atoms with Crippen LogP contribution in [0.5, 0.6) is 11.6 Å². The zero-order valence-corrected chi connectivity index (χ0v) is 11.5. The first-order valence-corrected chi connectivity index (χ1v) is 6.87. The van der Waals surface area contributed by atoms with E-state index >= 15 is 0 Å². The van der Waals surface area contributed by atoms with Gasteiger partial charge in [-0.3, -0.25) is 0 Å².